The number of nitrogens with zero attached hydrogens (tertiary/aromatic N) is 2. The van der Waals surface area contributed by atoms with Crippen LogP contribution in [0.1, 0.15) is 41.4 Å². The number of quaternary nitrogens is 1. The third-order valence-electron chi connectivity index (χ3n) is 6.89. The maximum Gasteiger partial charge on any atom is 0.327 e. The van der Waals surface area contributed by atoms with Crippen LogP contribution in [0.25, 0.3) is 0 Å². The highest BCUT2D eigenvalue weighted by Crippen LogP contribution is 2.55. The predicted octanol–water partition coefficient (Wildman–Crippen LogP) is 3.99. The summed E-state index contributed by atoms with van der Waals surface area (Å²) in [5.41, 5.74) is 2.53. The third kappa shape index (κ3) is 3.65. The van der Waals surface area contributed by atoms with Gasteiger partial charge in [0.25, 0.3) is 0 Å². The number of hydrogen-bond donors (Lipinski definition) is 1. The molecular weight excluding hydrogens is 379 g/mol. The van der Waals surface area contributed by atoms with Gasteiger partial charge in [0.1, 0.15) is 18.1 Å². The second-order valence-corrected chi connectivity index (χ2v) is 9.18. The van der Waals surface area contributed by atoms with Crippen LogP contribution in [0.2, 0.25) is 0 Å². The second-order valence-electron chi connectivity index (χ2n) is 9.18. The molecule has 30 heavy (non-hydrogen) atoms. The monoisotopic (exact) mass is 410 g/mol. The van der Waals surface area contributed by atoms with E-state index in [0.717, 1.165) is 49.5 Å². The fourth-order valence-electron chi connectivity index (χ4n) is 5.32. The molecule has 3 atom stereocenters. The summed E-state index contributed by atoms with van der Waals surface area (Å²) in [6.45, 7) is 5.13. The number of β-lactam (4-membered cyclic amide) rings is 1. The zero-order valence-corrected chi connectivity index (χ0v) is 18.1. The van der Waals surface area contributed by atoms with Crippen molar-refractivity contribution in [3.8, 4) is 5.75 Å². The molecule has 0 saturated carbocycles. The molecule has 1 radical (unpaired) electrons. The molecule has 5 rings (SSSR count). The first kappa shape index (κ1) is 21.0. The number of carbonyl (C=O) groups is 1. The molecule has 0 spiro atoms. The van der Waals surface area contributed by atoms with E-state index in [9.17, 15) is 14.3 Å². The standard InChI is InChI=1S/C25H30FN2O2/c1-17-20(10-7-11-23(17)26)24-21(18-8-6-9-19(29)14-18)15-28(16-22(24)25(28)30)13-5-4-12-27(2)3/h6-11,14,21,24H,4-5,12-13,15-16H2,1-3H3/p+1. The van der Waals surface area contributed by atoms with Gasteiger partial charge in [0.15, 0.2) is 5.92 Å². The zero-order valence-electron chi connectivity index (χ0n) is 18.1. The minimum atomic E-state index is -0.232. The Morgan fingerprint density at radius 3 is 2.63 bits per heavy atom. The maximum atomic E-state index is 14.4. The van der Waals surface area contributed by atoms with Crippen LogP contribution in [-0.2, 0) is 4.79 Å². The van der Waals surface area contributed by atoms with Crippen molar-refractivity contribution >= 4 is 5.91 Å². The van der Waals surface area contributed by atoms with Crippen molar-refractivity contribution in [1.82, 2.24) is 4.90 Å². The van der Waals surface area contributed by atoms with Crippen molar-refractivity contribution in [2.24, 2.45) is 0 Å². The number of hydrogen-bond acceptors (Lipinski definition) is 3. The molecule has 0 aromatic heterocycles. The molecule has 159 valence electrons. The summed E-state index contributed by atoms with van der Waals surface area (Å²) in [6, 6.07) is 12.5. The van der Waals surface area contributed by atoms with E-state index >= 15 is 0 Å². The molecule has 1 amide bonds. The Morgan fingerprint density at radius 2 is 1.93 bits per heavy atom. The molecule has 3 unspecified atom stereocenters. The molecular formula is C25H31FN2O2+. The minimum Gasteiger partial charge on any atom is -0.508 e. The Hall–Kier alpha value is -2.24. The van der Waals surface area contributed by atoms with Crippen molar-refractivity contribution in [1.29, 1.82) is 0 Å². The van der Waals surface area contributed by atoms with Crippen molar-refractivity contribution in [3.63, 3.8) is 0 Å². The van der Waals surface area contributed by atoms with Gasteiger partial charge in [0.05, 0.1) is 13.1 Å². The number of phenolic OH excluding ortho intramolecular Hbond substituents is 1. The highest BCUT2D eigenvalue weighted by Gasteiger charge is 2.65. The number of unbranched alkanes of at least 4 members (excludes halogenated alkanes) is 1. The molecule has 3 aliphatic rings. The summed E-state index contributed by atoms with van der Waals surface area (Å²) in [5, 5.41) is 10.1. The number of piperidine rings is 2. The molecule has 3 aliphatic heterocycles. The van der Waals surface area contributed by atoms with E-state index in [1.165, 1.54) is 6.07 Å². The predicted molar refractivity (Wildman–Crippen MR) is 116 cm³/mol. The Morgan fingerprint density at radius 1 is 1.17 bits per heavy atom. The molecule has 1 N–H and O–H groups in total. The summed E-state index contributed by atoms with van der Waals surface area (Å²) in [4.78, 5) is 15.5. The minimum absolute atomic E-state index is 0.0490. The summed E-state index contributed by atoms with van der Waals surface area (Å²) in [6.07, 6.45) is 2.08. The van der Waals surface area contributed by atoms with E-state index in [4.69, 9.17) is 0 Å². The van der Waals surface area contributed by atoms with E-state index in [1.54, 1.807) is 25.1 Å². The first-order valence-corrected chi connectivity index (χ1v) is 10.8. The van der Waals surface area contributed by atoms with E-state index in [0.29, 0.717) is 16.6 Å². The van der Waals surface area contributed by atoms with Crippen LogP contribution < -0.4 is 0 Å². The highest BCUT2D eigenvalue weighted by atomic mass is 19.1. The van der Waals surface area contributed by atoms with Crippen molar-refractivity contribution in [2.75, 3.05) is 40.3 Å². The fourth-order valence-corrected chi connectivity index (χ4v) is 5.32. The topological polar surface area (TPSA) is 40.5 Å². The lowest BCUT2D eigenvalue weighted by Gasteiger charge is -2.57. The summed E-state index contributed by atoms with van der Waals surface area (Å²) in [7, 11) is 4.13. The Labute approximate surface area is 178 Å². The van der Waals surface area contributed by atoms with Crippen LogP contribution >= 0.6 is 0 Å². The normalized spacial score (nSPS) is 26.1. The third-order valence-corrected chi connectivity index (χ3v) is 6.89. The van der Waals surface area contributed by atoms with E-state index in [2.05, 4.69) is 19.0 Å². The average molecular weight is 411 g/mol. The smallest absolute Gasteiger partial charge is 0.327 e. The van der Waals surface area contributed by atoms with Crippen molar-refractivity contribution in [2.45, 2.75) is 31.6 Å². The second kappa shape index (κ2) is 8.12. The lowest BCUT2D eigenvalue weighted by atomic mass is 9.63. The van der Waals surface area contributed by atoms with Crippen LogP contribution in [-0.4, -0.2) is 60.7 Å². The van der Waals surface area contributed by atoms with Gasteiger partial charge in [-0.05, 0) is 75.3 Å². The molecule has 5 heteroatoms. The largest absolute Gasteiger partial charge is 0.508 e. The molecule has 3 fully saturated rings. The highest BCUT2D eigenvalue weighted by molar-refractivity contribution is 5.92. The zero-order chi connectivity index (χ0) is 21.5. The lowest BCUT2D eigenvalue weighted by molar-refractivity contribution is -0.882. The van der Waals surface area contributed by atoms with Crippen LogP contribution in [0, 0.1) is 18.7 Å². The van der Waals surface area contributed by atoms with Gasteiger partial charge >= 0.3 is 5.91 Å². The number of aromatic hydroxyl groups is 1. The molecule has 3 saturated heterocycles. The Balaban J connectivity index is 1.66. The van der Waals surface area contributed by atoms with Gasteiger partial charge < -0.3 is 10.0 Å². The molecule has 3 heterocycles. The SMILES string of the molecule is Cc1c(F)cccc1C1[C]2C[N+](CCCCN(C)C)(CC1c1cccc(O)c1)C2=O. The van der Waals surface area contributed by atoms with Crippen molar-refractivity contribution < 1.29 is 18.8 Å². The summed E-state index contributed by atoms with van der Waals surface area (Å²) < 4.78 is 14.9. The van der Waals surface area contributed by atoms with Gasteiger partial charge in [0, 0.05) is 11.8 Å². The summed E-state index contributed by atoms with van der Waals surface area (Å²) in [5.74, 6) is 1.06. The molecule has 4 nitrogen and oxygen atoms in total. The van der Waals surface area contributed by atoms with E-state index < -0.39 is 0 Å². The number of rotatable bonds is 7. The Kier molecular flexibility index (Phi) is 5.69. The van der Waals surface area contributed by atoms with Gasteiger partial charge in [-0.3, -0.25) is 4.48 Å². The van der Waals surface area contributed by atoms with Gasteiger partial charge in [0.2, 0.25) is 0 Å². The van der Waals surface area contributed by atoms with Crippen LogP contribution in [0.15, 0.2) is 42.5 Å². The number of fused-ring (bicyclic) bond motifs is 2. The molecule has 2 bridgehead atoms. The lowest BCUT2D eigenvalue weighted by Crippen LogP contribution is -2.73. The molecule has 2 aromatic rings. The van der Waals surface area contributed by atoms with Crippen LogP contribution in [0.5, 0.6) is 5.75 Å². The first-order chi connectivity index (χ1) is 14.3. The fraction of sp³-hybridized carbons (Fsp3) is 0.440. The number of benzene rings is 2. The van der Waals surface area contributed by atoms with E-state index in [-0.39, 0.29) is 29.3 Å². The van der Waals surface area contributed by atoms with Gasteiger partial charge in [-0.25, -0.2) is 9.18 Å². The number of phenols is 1. The number of halogens is 1. The van der Waals surface area contributed by atoms with Crippen LogP contribution in [0.4, 0.5) is 4.39 Å². The number of amides is 1. The average Bonchev–Trinajstić information content (AvgIpc) is 2.72. The quantitative estimate of drug-likeness (QED) is 0.426. The first-order valence-electron chi connectivity index (χ1n) is 10.8. The van der Waals surface area contributed by atoms with Gasteiger partial charge in [-0.1, -0.05) is 24.3 Å². The van der Waals surface area contributed by atoms with E-state index in [1.807, 2.05) is 18.2 Å². The molecule has 2 aromatic carbocycles. The van der Waals surface area contributed by atoms with Gasteiger partial charge in [-0.2, -0.15) is 0 Å². The van der Waals surface area contributed by atoms with Gasteiger partial charge in [-0.15, -0.1) is 0 Å². The van der Waals surface area contributed by atoms with Crippen molar-refractivity contribution in [3.05, 3.63) is 70.9 Å². The van der Waals surface area contributed by atoms with Crippen LogP contribution in [0.3, 0.4) is 0 Å². The Bertz CT molecular complexity index is 944. The number of carbonyl (C=O) groups excluding carboxylic acids is 1. The maximum absolute atomic E-state index is 14.4. The molecule has 0 aliphatic carbocycles. The summed E-state index contributed by atoms with van der Waals surface area (Å²) >= 11 is 0.